The van der Waals surface area contributed by atoms with E-state index in [0.29, 0.717) is 24.6 Å². The zero-order valence-electron chi connectivity index (χ0n) is 12.4. The lowest BCUT2D eigenvalue weighted by Gasteiger charge is -2.09. The van der Waals surface area contributed by atoms with Gasteiger partial charge >= 0.3 is 5.97 Å². The molecule has 1 aliphatic heterocycles. The highest BCUT2D eigenvalue weighted by Gasteiger charge is 2.19. The van der Waals surface area contributed by atoms with Gasteiger partial charge in [-0.3, -0.25) is 4.79 Å². The lowest BCUT2D eigenvalue weighted by Crippen LogP contribution is -2.26. The van der Waals surface area contributed by atoms with Gasteiger partial charge < -0.3 is 14.8 Å². The molecule has 0 spiro atoms. The van der Waals surface area contributed by atoms with Gasteiger partial charge in [0.25, 0.3) is 0 Å². The molecule has 22 heavy (non-hydrogen) atoms. The highest BCUT2D eigenvalue weighted by molar-refractivity contribution is 6.30. The first kappa shape index (κ1) is 16.4. The lowest BCUT2D eigenvalue weighted by molar-refractivity contribution is -0.134. The normalized spacial score (nSPS) is 12.8. The molecule has 0 bridgehead atoms. The Labute approximate surface area is 134 Å². The first-order chi connectivity index (χ1) is 10.6. The number of benzene rings is 1. The first-order valence-corrected chi connectivity index (χ1v) is 7.43. The van der Waals surface area contributed by atoms with Crippen molar-refractivity contribution in [3.05, 3.63) is 40.4 Å². The predicted octanol–water partition coefficient (Wildman–Crippen LogP) is 2.05. The number of carbonyl (C=O) groups excluding carboxylic acids is 2. The van der Waals surface area contributed by atoms with Crippen LogP contribution in [0.4, 0.5) is 0 Å². The molecule has 0 fully saturated rings. The van der Waals surface area contributed by atoms with E-state index in [2.05, 4.69) is 10.1 Å². The highest BCUT2D eigenvalue weighted by atomic mass is 35.5. The van der Waals surface area contributed by atoms with Crippen molar-refractivity contribution >= 4 is 23.5 Å². The smallest absolute Gasteiger partial charge is 0.330 e. The molecule has 5 nitrogen and oxygen atoms in total. The van der Waals surface area contributed by atoms with Gasteiger partial charge in [0.15, 0.2) is 0 Å². The minimum absolute atomic E-state index is 0.105. The van der Waals surface area contributed by atoms with E-state index in [1.165, 1.54) is 13.2 Å². The summed E-state index contributed by atoms with van der Waals surface area (Å²) >= 11 is 6.06. The van der Waals surface area contributed by atoms with Gasteiger partial charge in [0.1, 0.15) is 5.75 Å². The molecule has 0 aromatic heterocycles. The van der Waals surface area contributed by atoms with Gasteiger partial charge in [-0.15, -0.1) is 0 Å². The van der Waals surface area contributed by atoms with Crippen molar-refractivity contribution in [1.82, 2.24) is 5.32 Å². The average molecular weight is 324 g/mol. The number of carbonyl (C=O) groups is 2. The van der Waals surface area contributed by atoms with Crippen molar-refractivity contribution in [3.63, 3.8) is 0 Å². The minimum Gasteiger partial charge on any atom is -0.493 e. The molecule has 1 aromatic rings. The molecule has 0 aliphatic carbocycles. The molecular formula is C16H18ClNO4. The van der Waals surface area contributed by atoms with Crippen LogP contribution in [0.15, 0.2) is 24.3 Å². The summed E-state index contributed by atoms with van der Waals surface area (Å²) in [5.74, 6) is 0.273. The zero-order chi connectivity index (χ0) is 15.9. The molecule has 0 saturated heterocycles. The Hall–Kier alpha value is -2.01. The number of fused-ring (bicyclic) bond motifs is 1. The third-order valence-corrected chi connectivity index (χ3v) is 3.48. The molecule has 1 N–H and O–H groups in total. The van der Waals surface area contributed by atoms with Crippen molar-refractivity contribution in [1.29, 1.82) is 0 Å². The van der Waals surface area contributed by atoms with Crippen molar-refractivity contribution < 1.29 is 19.1 Å². The molecule has 1 aromatic carbocycles. The van der Waals surface area contributed by atoms with Crippen molar-refractivity contribution in [2.24, 2.45) is 0 Å². The van der Waals surface area contributed by atoms with E-state index in [-0.39, 0.29) is 12.3 Å². The van der Waals surface area contributed by atoms with Crippen LogP contribution >= 0.6 is 11.6 Å². The second-order valence-corrected chi connectivity index (χ2v) is 5.33. The summed E-state index contributed by atoms with van der Waals surface area (Å²) < 4.78 is 10.0. The molecular weight excluding hydrogens is 306 g/mol. The van der Waals surface area contributed by atoms with Gasteiger partial charge in [-0.2, -0.15) is 0 Å². The van der Waals surface area contributed by atoms with Crippen LogP contribution in [0.5, 0.6) is 5.75 Å². The second-order valence-electron chi connectivity index (χ2n) is 4.89. The van der Waals surface area contributed by atoms with Crippen LogP contribution in [-0.4, -0.2) is 32.1 Å². The van der Waals surface area contributed by atoms with E-state index < -0.39 is 5.97 Å². The molecule has 1 aliphatic rings. The molecule has 6 heteroatoms. The van der Waals surface area contributed by atoms with Gasteiger partial charge in [-0.05, 0) is 24.1 Å². The second kappa shape index (κ2) is 7.84. The molecule has 0 unspecified atom stereocenters. The Morgan fingerprint density at radius 2 is 2.27 bits per heavy atom. The van der Waals surface area contributed by atoms with Gasteiger partial charge in [-0.1, -0.05) is 17.7 Å². The van der Waals surface area contributed by atoms with Gasteiger partial charge in [0, 0.05) is 29.6 Å². The highest BCUT2D eigenvalue weighted by Crippen LogP contribution is 2.33. The number of ether oxygens (including phenoxy) is 2. The Balaban J connectivity index is 1.83. The van der Waals surface area contributed by atoms with Crippen LogP contribution < -0.4 is 10.1 Å². The summed E-state index contributed by atoms with van der Waals surface area (Å²) in [5.41, 5.74) is 1.86. The topological polar surface area (TPSA) is 64.6 Å². The largest absolute Gasteiger partial charge is 0.493 e. The molecule has 1 heterocycles. The van der Waals surface area contributed by atoms with Crippen LogP contribution in [0.2, 0.25) is 5.02 Å². The fourth-order valence-electron chi connectivity index (χ4n) is 2.26. The molecule has 2 rings (SSSR count). The summed E-state index contributed by atoms with van der Waals surface area (Å²) in [7, 11) is 1.32. The van der Waals surface area contributed by atoms with Crippen LogP contribution in [0.3, 0.4) is 0 Å². The van der Waals surface area contributed by atoms with E-state index in [1.807, 2.05) is 6.07 Å². The number of amides is 1. The van der Waals surface area contributed by atoms with Crippen LogP contribution in [0, 0.1) is 0 Å². The number of rotatable bonds is 6. The minimum atomic E-state index is -0.405. The Morgan fingerprint density at radius 3 is 3.05 bits per heavy atom. The van der Waals surface area contributed by atoms with Crippen LogP contribution in [0.1, 0.15) is 17.5 Å². The third-order valence-electron chi connectivity index (χ3n) is 3.26. The summed E-state index contributed by atoms with van der Waals surface area (Å²) in [5, 5.41) is 3.41. The summed E-state index contributed by atoms with van der Waals surface area (Å²) in [6.07, 6.45) is 4.60. The van der Waals surface area contributed by atoms with Crippen LogP contribution in [-0.2, 0) is 27.2 Å². The van der Waals surface area contributed by atoms with E-state index in [9.17, 15) is 9.59 Å². The summed E-state index contributed by atoms with van der Waals surface area (Å²) in [4.78, 5) is 22.8. The summed E-state index contributed by atoms with van der Waals surface area (Å²) in [6, 6.07) is 3.64. The fourth-order valence-corrected chi connectivity index (χ4v) is 2.52. The molecule has 118 valence electrons. The molecule has 1 amide bonds. The quantitative estimate of drug-likeness (QED) is 0.494. The predicted molar refractivity (Wildman–Crippen MR) is 83.1 cm³/mol. The van der Waals surface area contributed by atoms with E-state index >= 15 is 0 Å². The van der Waals surface area contributed by atoms with Crippen molar-refractivity contribution in [3.8, 4) is 5.75 Å². The number of halogens is 1. The molecule has 0 saturated carbocycles. The maximum atomic E-state index is 12.0. The third kappa shape index (κ3) is 4.49. The first-order valence-electron chi connectivity index (χ1n) is 7.05. The fraction of sp³-hybridized carbons (Fsp3) is 0.375. The standard InChI is InChI=1S/C16H18ClNO4/c1-21-15(20)4-2-3-6-18-14(19)10-12-9-13(17)8-11-5-7-22-16(11)12/h2,4,8-9H,3,5-7,10H2,1H3,(H,18,19)/b4-2+. The average Bonchev–Trinajstić information content (AvgIpc) is 2.94. The van der Waals surface area contributed by atoms with Gasteiger partial charge in [0.2, 0.25) is 5.91 Å². The Kier molecular flexibility index (Phi) is 5.83. The zero-order valence-corrected chi connectivity index (χ0v) is 13.1. The lowest BCUT2D eigenvalue weighted by atomic mass is 10.1. The molecule has 0 radical (unpaired) electrons. The van der Waals surface area contributed by atoms with Gasteiger partial charge in [-0.25, -0.2) is 4.79 Å². The number of hydrogen-bond acceptors (Lipinski definition) is 4. The Bertz CT molecular complexity index is 598. The SMILES string of the molecule is COC(=O)/C=C/CCNC(=O)Cc1cc(Cl)cc2c1OCC2. The number of methoxy groups -OCH3 is 1. The van der Waals surface area contributed by atoms with E-state index in [1.54, 1.807) is 12.1 Å². The number of nitrogens with one attached hydrogen (secondary N) is 1. The summed E-state index contributed by atoms with van der Waals surface area (Å²) in [6.45, 7) is 1.08. The van der Waals surface area contributed by atoms with E-state index in [0.717, 1.165) is 23.3 Å². The van der Waals surface area contributed by atoms with Crippen LogP contribution in [0.25, 0.3) is 0 Å². The van der Waals surface area contributed by atoms with Gasteiger partial charge in [0.05, 0.1) is 20.1 Å². The maximum absolute atomic E-state index is 12.0. The maximum Gasteiger partial charge on any atom is 0.330 e. The van der Waals surface area contributed by atoms with E-state index in [4.69, 9.17) is 16.3 Å². The Morgan fingerprint density at radius 1 is 1.45 bits per heavy atom. The number of esters is 1. The van der Waals surface area contributed by atoms with Crippen molar-refractivity contribution in [2.45, 2.75) is 19.3 Å². The monoisotopic (exact) mass is 323 g/mol. The molecule has 0 atom stereocenters. The van der Waals surface area contributed by atoms with Crippen molar-refractivity contribution in [2.75, 3.05) is 20.3 Å². The number of hydrogen-bond donors (Lipinski definition) is 1.